The lowest BCUT2D eigenvalue weighted by Crippen LogP contribution is -2.29. The SMILES string of the molecule is Nc1cc(C(=O)NCC(O)c2ccsc2)n(C2CC2)c1. The summed E-state index contributed by atoms with van der Waals surface area (Å²) in [6.45, 7) is 0.200. The van der Waals surface area contributed by atoms with Crippen LogP contribution >= 0.6 is 11.3 Å². The van der Waals surface area contributed by atoms with Crippen molar-refractivity contribution < 1.29 is 9.90 Å². The Labute approximate surface area is 121 Å². The molecule has 1 atom stereocenters. The number of anilines is 1. The van der Waals surface area contributed by atoms with Crippen LogP contribution in [0.25, 0.3) is 0 Å². The Morgan fingerprint density at radius 2 is 2.40 bits per heavy atom. The van der Waals surface area contributed by atoms with Crippen LogP contribution in [0.5, 0.6) is 0 Å². The number of nitrogens with two attached hydrogens (primary N) is 1. The third-order valence-electron chi connectivity index (χ3n) is 3.43. The highest BCUT2D eigenvalue weighted by atomic mass is 32.1. The second-order valence-electron chi connectivity index (χ2n) is 5.08. The number of hydrogen-bond donors (Lipinski definition) is 3. The van der Waals surface area contributed by atoms with Crippen molar-refractivity contribution in [2.24, 2.45) is 0 Å². The third-order valence-corrected chi connectivity index (χ3v) is 4.13. The summed E-state index contributed by atoms with van der Waals surface area (Å²) in [5.74, 6) is -0.192. The van der Waals surface area contributed by atoms with E-state index in [0.29, 0.717) is 17.4 Å². The second-order valence-corrected chi connectivity index (χ2v) is 5.86. The van der Waals surface area contributed by atoms with Crippen molar-refractivity contribution in [2.75, 3.05) is 12.3 Å². The third kappa shape index (κ3) is 2.71. The van der Waals surface area contributed by atoms with E-state index < -0.39 is 6.10 Å². The molecule has 5 nitrogen and oxygen atoms in total. The van der Waals surface area contributed by atoms with Crippen LogP contribution in [-0.2, 0) is 0 Å². The van der Waals surface area contributed by atoms with Gasteiger partial charge in [-0.15, -0.1) is 0 Å². The first-order valence-electron chi connectivity index (χ1n) is 6.61. The number of aromatic nitrogens is 1. The van der Waals surface area contributed by atoms with Gasteiger partial charge in [-0.3, -0.25) is 4.79 Å². The predicted octanol–water partition coefficient (Wildman–Crippen LogP) is 1.93. The fraction of sp³-hybridized carbons (Fsp3) is 0.357. The van der Waals surface area contributed by atoms with E-state index in [4.69, 9.17) is 5.73 Å². The van der Waals surface area contributed by atoms with Gasteiger partial charge in [-0.25, -0.2) is 0 Å². The summed E-state index contributed by atoms with van der Waals surface area (Å²) in [6, 6.07) is 3.94. The van der Waals surface area contributed by atoms with Crippen molar-refractivity contribution in [3.8, 4) is 0 Å². The number of rotatable bonds is 5. The number of nitrogens with one attached hydrogen (secondary N) is 1. The number of nitrogens with zero attached hydrogens (tertiary/aromatic N) is 1. The maximum absolute atomic E-state index is 12.2. The lowest BCUT2D eigenvalue weighted by atomic mass is 10.2. The molecule has 2 heterocycles. The molecule has 2 aromatic rings. The standard InChI is InChI=1S/C14H17N3O2S/c15-10-5-12(17(7-10)11-1-2-11)14(19)16-6-13(18)9-3-4-20-8-9/h3-5,7-8,11,13,18H,1-2,6,15H2,(H,16,19). The van der Waals surface area contributed by atoms with Gasteiger partial charge in [-0.2, -0.15) is 11.3 Å². The number of amides is 1. The van der Waals surface area contributed by atoms with E-state index in [2.05, 4.69) is 5.32 Å². The molecule has 0 radical (unpaired) electrons. The molecular weight excluding hydrogens is 274 g/mol. The van der Waals surface area contributed by atoms with E-state index in [-0.39, 0.29) is 12.5 Å². The van der Waals surface area contributed by atoms with Crippen molar-refractivity contribution in [2.45, 2.75) is 25.0 Å². The predicted molar refractivity (Wildman–Crippen MR) is 78.7 cm³/mol. The van der Waals surface area contributed by atoms with Crippen molar-refractivity contribution in [1.29, 1.82) is 0 Å². The van der Waals surface area contributed by atoms with E-state index in [9.17, 15) is 9.90 Å². The summed E-state index contributed by atoms with van der Waals surface area (Å²) < 4.78 is 1.93. The van der Waals surface area contributed by atoms with Crippen LogP contribution in [0.1, 0.15) is 41.0 Å². The molecule has 1 aliphatic rings. The zero-order valence-corrected chi connectivity index (χ0v) is 11.8. The minimum atomic E-state index is -0.674. The molecule has 0 saturated heterocycles. The van der Waals surface area contributed by atoms with E-state index >= 15 is 0 Å². The number of carbonyl (C=O) groups excluding carboxylic acids is 1. The molecule has 20 heavy (non-hydrogen) atoms. The fourth-order valence-electron chi connectivity index (χ4n) is 2.20. The van der Waals surface area contributed by atoms with Gasteiger partial charge in [0.1, 0.15) is 5.69 Å². The molecule has 1 fully saturated rings. The van der Waals surface area contributed by atoms with Crippen LogP contribution in [0.15, 0.2) is 29.1 Å². The van der Waals surface area contributed by atoms with Gasteiger partial charge in [-0.05, 0) is 41.3 Å². The maximum atomic E-state index is 12.2. The maximum Gasteiger partial charge on any atom is 0.268 e. The van der Waals surface area contributed by atoms with Crippen molar-refractivity contribution in [3.63, 3.8) is 0 Å². The Kier molecular flexibility index (Phi) is 3.50. The lowest BCUT2D eigenvalue weighted by Gasteiger charge is -2.12. The molecule has 0 aromatic carbocycles. The number of aliphatic hydroxyl groups is 1. The minimum absolute atomic E-state index is 0.192. The first-order chi connectivity index (χ1) is 9.65. The van der Waals surface area contributed by atoms with Gasteiger partial charge in [0.2, 0.25) is 0 Å². The highest BCUT2D eigenvalue weighted by Gasteiger charge is 2.27. The van der Waals surface area contributed by atoms with Gasteiger partial charge in [-0.1, -0.05) is 0 Å². The molecule has 1 aliphatic carbocycles. The van der Waals surface area contributed by atoms with E-state index in [0.717, 1.165) is 18.4 Å². The Bertz CT molecular complexity index is 602. The molecule has 0 spiro atoms. The van der Waals surface area contributed by atoms with Crippen LogP contribution in [-0.4, -0.2) is 22.1 Å². The summed E-state index contributed by atoms with van der Waals surface area (Å²) in [7, 11) is 0. The first-order valence-corrected chi connectivity index (χ1v) is 7.55. The highest BCUT2D eigenvalue weighted by Crippen LogP contribution is 2.37. The van der Waals surface area contributed by atoms with Crippen LogP contribution in [0, 0.1) is 0 Å². The molecule has 4 N–H and O–H groups in total. The van der Waals surface area contributed by atoms with Crippen molar-refractivity contribution in [3.05, 3.63) is 40.3 Å². The molecule has 3 rings (SSSR count). The normalized spacial score (nSPS) is 16.1. The smallest absolute Gasteiger partial charge is 0.268 e. The molecule has 2 aromatic heterocycles. The summed E-state index contributed by atoms with van der Waals surface area (Å²) in [5, 5.41) is 16.5. The topological polar surface area (TPSA) is 80.3 Å². The summed E-state index contributed by atoms with van der Waals surface area (Å²) in [5.41, 5.74) is 7.76. The number of nitrogen functional groups attached to an aromatic ring is 1. The molecular formula is C14H17N3O2S. The monoisotopic (exact) mass is 291 g/mol. The van der Waals surface area contributed by atoms with E-state index in [1.165, 1.54) is 11.3 Å². The Balaban J connectivity index is 1.64. The molecule has 1 amide bonds. The zero-order valence-electron chi connectivity index (χ0n) is 11.0. The van der Waals surface area contributed by atoms with Crippen LogP contribution in [0.3, 0.4) is 0 Å². The van der Waals surface area contributed by atoms with Gasteiger partial charge in [0.15, 0.2) is 0 Å². The number of carbonyl (C=O) groups is 1. The summed E-state index contributed by atoms with van der Waals surface area (Å²) in [4.78, 5) is 12.2. The van der Waals surface area contributed by atoms with Gasteiger partial charge >= 0.3 is 0 Å². The van der Waals surface area contributed by atoms with Gasteiger partial charge in [0.25, 0.3) is 5.91 Å². The Morgan fingerprint density at radius 1 is 1.60 bits per heavy atom. The zero-order chi connectivity index (χ0) is 14.1. The van der Waals surface area contributed by atoms with Crippen molar-refractivity contribution >= 4 is 22.9 Å². The van der Waals surface area contributed by atoms with Gasteiger partial charge in [0.05, 0.1) is 11.8 Å². The Morgan fingerprint density at radius 3 is 3.05 bits per heavy atom. The minimum Gasteiger partial charge on any atom is -0.397 e. The van der Waals surface area contributed by atoms with E-state index in [1.54, 1.807) is 6.07 Å². The molecule has 0 aliphatic heterocycles. The number of hydrogen-bond acceptors (Lipinski definition) is 4. The molecule has 1 unspecified atom stereocenters. The van der Waals surface area contributed by atoms with Gasteiger partial charge < -0.3 is 20.7 Å². The number of aliphatic hydroxyl groups excluding tert-OH is 1. The van der Waals surface area contributed by atoms with Gasteiger partial charge in [0, 0.05) is 18.8 Å². The van der Waals surface area contributed by atoms with Crippen LogP contribution < -0.4 is 11.1 Å². The Hall–Kier alpha value is -1.79. The average molecular weight is 291 g/mol. The van der Waals surface area contributed by atoms with Crippen LogP contribution in [0.4, 0.5) is 5.69 Å². The quantitative estimate of drug-likeness (QED) is 0.787. The highest BCUT2D eigenvalue weighted by molar-refractivity contribution is 7.07. The van der Waals surface area contributed by atoms with Crippen molar-refractivity contribution in [1.82, 2.24) is 9.88 Å². The van der Waals surface area contributed by atoms with E-state index in [1.807, 2.05) is 27.6 Å². The molecule has 1 saturated carbocycles. The molecule has 106 valence electrons. The lowest BCUT2D eigenvalue weighted by molar-refractivity contribution is 0.0907. The fourth-order valence-corrected chi connectivity index (χ4v) is 2.91. The second kappa shape index (κ2) is 5.30. The largest absolute Gasteiger partial charge is 0.397 e. The first kappa shape index (κ1) is 13.2. The number of thiophene rings is 1. The molecule has 6 heteroatoms. The van der Waals surface area contributed by atoms with Crippen LogP contribution in [0.2, 0.25) is 0 Å². The summed E-state index contributed by atoms with van der Waals surface area (Å²) >= 11 is 1.52. The summed E-state index contributed by atoms with van der Waals surface area (Å²) in [6.07, 6.45) is 3.31. The average Bonchev–Trinajstić information content (AvgIpc) is 2.98. The molecule has 0 bridgehead atoms.